The van der Waals surface area contributed by atoms with Gasteiger partial charge in [0.1, 0.15) is 5.60 Å². The van der Waals surface area contributed by atoms with Crippen LogP contribution in [0.25, 0.3) is 11.3 Å². The van der Waals surface area contributed by atoms with Gasteiger partial charge in [0.2, 0.25) is 0 Å². The van der Waals surface area contributed by atoms with E-state index in [0.717, 1.165) is 15.9 Å². The van der Waals surface area contributed by atoms with Crippen LogP contribution in [0.3, 0.4) is 0 Å². The molecule has 2 aliphatic rings. The largest absolute Gasteiger partial charge is 0.504 e. The highest BCUT2D eigenvalue weighted by molar-refractivity contribution is 5.78. The molecule has 0 radical (unpaired) electrons. The van der Waals surface area contributed by atoms with E-state index in [1.807, 2.05) is 0 Å². The molecule has 1 aromatic heterocycles. The van der Waals surface area contributed by atoms with Crippen LogP contribution in [0.1, 0.15) is 20.8 Å². The molecule has 178 valence electrons. The van der Waals surface area contributed by atoms with E-state index in [2.05, 4.69) is 15.5 Å². The Balaban J connectivity index is 1.74. The van der Waals surface area contributed by atoms with Crippen LogP contribution in [-0.2, 0) is 4.74 Å². The molecule has 1 atom stereocenters. The van der Waals surface area contributed by atoms with Crippen LogP contribution in [0.5, 0.6) is 5.75 Å². The van der Waals surface area contributed by atoms with Crippen LogP contribution in [0.4, 0.5) is 33.9 Å². The van der Waals surface area contributed by atoms with Gasteiger partial charge in [0.25, 0.3) is 0 Å². The predicted molar refractivity (Wildman–Crippen MR) is 112 cm³/mol. The lowest BCUT2D eigenvalue weighted by atomic mass is 9.89. The van der Waals surface area contributed by atoms with Gasteiger partial charge < -0.3 is 25.0 Å². The SMILES string of the molecule is CC(C)(C)OC(=O)N1CCN2c3cc(-c4cccc(F)c4O)nnc3NCC2(C(F)(F)F)C1. The molecule has 1 fully saturated rings. The minimum Gasteiger partial charge on any atom is -0.504 e. The van der Waals surface area contributed by atoms with Crippen LogP contribution >= 0.6 is 0 Å². The zero-order valence-electron chi connectivity index (χ0n) is 18.2. The summed E-state index contributed by atoms with van der Waals surface area (Å²) in [5.41, 5.74) is -3.19. The number of piperazine rings is 1. The number of carbonyl (C=O) groups excluding carboxylic acids is 1. The lowest BCUT2D eigenvalue weighted by molar-refractivity contribution is -0.192. The van der Waals surface area contributed by atoms with Gasteiger partial charge in [0, 0.05) is 18.7 Å². The Morgan fingerprint density at radius 3 is 2.61 bits per heavy atom. The Morgan fingerprint density at radius 2 is 1.94 bits per heavy atom. The molecule has 1 amide bonds. The minimum atomic E-state index is -4.72. The van der Waals surface area contributed by atoms with Gasteiger partial charge in [0.05, 0.1) is 24.5 Å². The molecule has 12 heteroatoms. The predicted octanol–water partition coefficient (Wildman–Crippen LogP) is 3.77. The molecule has 2 aliphatic heterocycles. The maximum Gasteiger partial charge on any atom is 0.415 e. The van der Waals surface area contributed by atoms with Crippen molar-refractivity contribution in [3.05, 3.63) is 30.1 Å². The number of alkyl halides is 3. The molecule has 0 aliphatic carbocycles. The number of aromatic hydroxyl groups is 1. The fourth-order valence-electron chi connectivity index (χ4n) is 4.04. The van der Waals surface area contributed by atoms with E-state index >= 15 is 0 Å². The molecule has 33 heavy (non-hydrogen) atoms. The van der Waals surface area contributed by atoms with Gasteiger partial charge in [-0.15, -0.1) is 10.2 Å². The van der Waals surface area contributed by atoms with Gasteiger partial charge in [-0.25, -0.2) is 9.18 Å². The number of aromatic nitrogens is 2. The summed E-state index contributed by atoms with van der Waals surface area (Å²) in [6.07, 6.45) is -5.54. The van der Waals surface area contributed by atoms with Gasteiger partial charge in [-0.2, -0.15) is 13.2 Å². The lowest BCUT2D eigenvalue weighted by Crippen LogP contribution is -2.74. The maximum absolute atomic E-state index is 14.5. The van der Waals surface area contributed by atoms with Crippen molar-refractivity contribution >= 4 is 17.6 Å². The van der Waals surface area contributed by atoms with E-state index < -0.39 is 48.1 Å². The minimum absolute atomic E-state index is 0.000808. The first kappa shape index (κ1) is 22.9. The summed E-state index contributed by atoms with van der Waals surface area (Å²) in [5, 5.41) is 20.6. The average Bonchev–Trinajstić information content (AvgIpc) is 2.72. The molecule has 2 aromatic rings. The van der Waals surface area contributed by atoms with E-state index in [0.29, 0.717) is 0 Å². The number of carbonyl (C=O) groups is 1. The molecule has 1 unspecified atom stereocenters. The first-order chi connectivity index (χ1) is 15.3. The number of rotatable bonds is 1. The highest BCUT2D eigenvalue weighted by atomic mass is 19.4. The highest BCUT2D eigenvalue weighted by Crippen LogP contribution is 2.46. The van der Waals surface area contributed by atoms with Crippen molar-refractivity contribution in [2.45, 2.75) is 38.1 Å². The number of para-hydroxylation sites is 1. The van der Waals surface area contributed by atoms with Crippen LogP contribution in [0.15, 0.2) is 24.3 Å². The second-order valence-electron chi connectivity index (χ2n) is 9.04. The molecule has 4 rings (SSSR count). The Morgan fingerprint density at radius 1 is 1.21 bits per heavy atom. The van der Waals surface area contributed by atoms with Crippen molar-refractivity contribution in [3.63, 3.8) is 0 Å². The summed E-state index contributed by atoms with van der Waals surface area (Å²) in [6.45, 7) is 3.56. The number of benzene rings is 1. The monoisotopic (exact) mass is 469 g/mol. The second-order valence-corrected chi connectivity index (χ2v) is 9.04. The number of fused-ring (bicyclic) bond motifs is 3. The number of hydrogen-bond acceptors (Lipinski definition) is 7. The third-order valence-corrected chi connectivity index (χ3v) is 5.62. The van der Waals surface area contributed by atoms with Gasteiger partial charge in [-0.3, -0.25) is 0 Å². The number of phenolic OH excluding ortho intramolecular Hbond substituents is 1. The van der Waals surface area contributed by atoms with E-state index in [-0.39, 0.29) is 35.9 Å². The smallest absolute Gasteiger partial charge is 0.415 e. The van der Waals surface area contributed by atoms with Crippen LogP contribution in [0, 0.1) is 5.82 Å². The molecule has 0 saturated carbocycles. The number of ether oxygens (including phenoxy) is 1. The highest BCUT2D eigenvalue weighted by Gasteiger charge is 2.63. The lowest BCUT2D eigenvalue weighted by Gasteiger charge is -2.54. The number of amides is 1. The molecule has 3 heterocycles. The number of hydrogen-bond donors (Lipinski definition) is 2. The van der Waals surface area contributed by atoms with Gasteiger partial charge in [-0.1, -0.05) is 6.07 Å². The molecular formula is C21H23F4N5O3. The van der Waals surface area contributed by atoms with Crippen molar-refractivity contribution in [1.82, 2.24) is 15.1 Å². The Kier molecular flexibility index (Phi) is 5.29. The number of nitrogens with one attached hydrogen (secondary N) is 1. The quantitative estimate of drug-likeness (QED) is 0.615. The van der Waals surface area contributed by atoms with Crippen molar-refractivity contribution in [1.29, 1.82) is 0 Å². The van der Waals surface area contributed by atoms with Crippen molar-refractivity contribution in [2.75, 3.05) is 36.4 Å². The summed E-state index contributed by atoms with van der Waals surface area (Å²) in [5.74, 6) is -1.44. The summed E-state index contributed by atoms with van der Waals surface area (Å²) in [6, 6.07) is 5.12. The topological polar surface area (TPSA) is 90.8 Å². The molecule has 1 saturated heterocycles. The number of nitrogens with zero attached hydrogens (tertiary/aromatic N) is 4. The number of halogens is 4. The zero-order chi connectivity index (χ0) is 24.2. The Bertz CT molecular complexity index is 1090. The van der Waals surface area contributed by atoms with E-state index in [9.17, 15) is 27.5 Å². The Hall–Kier alpha value is -3.31. The van der Waals surface area contributed by atoms with E-state index in [1.165, 1.54) is 18.2 Å². The van der Waals surface area contributed by atoms with Crippen LogP contribution in [-0.4, -0.2) is 69.8 Å². The molecule has 2 N–H and O–H groups in total. The maximum atomic E-state index is 14.5. The van der Waals surface area contributed by atoms with Crippen molar-refractivity contribution in [3.8, 4) is 17.0 Å². The molecule has 8 nitrogen and oxygen atoms in total. The van der Waals surface area contributed by atoms with Crippen LogP contribution < -0.4 is 10.2 Å². The zero-order valence-corrected chi connectivity index (χ0v) is 18.2. The van der Waals surface area contributed by atoms with Gasteiger partial charge >= 0.3 is 12.3 Å². The Labute approximate surface area is 187 Å². The molecule has 0 bridgehead atoms. The first-order valence-electron chi connectivity index (χ1n) is 10.2. The fourth-order valence-corrected chi connectivity index (χ4v) is 4.04. The van der Waals surface area contributed by atoms with Crippen molar-refractivity contribution < 1.29 is 32.2 Å². The summed E-state index contributed by atoms with van der Waals surface area (Å²) in [4.78, 5) is 14.7. The third kappa shape index (κ3) is 3.98. The number of anilines is 2. The van der Waals surface area contributed by atoms with E-state index in [1.54, 1.807) is 20.8 Å². The van der Waals surface area contributed by atoms with Gasteiger partial charge in [0.15, 0.2) is 22.9 Å². The second kappa shape index (κ2) is 7.63. The average molecular weight is 469 g/mol. The molecule has 1 aromatic carbocycles. The summed E-state index contributed by atoms with van der Waals surface area (Å²) in [7, 11) is 0. The normalized spacial score (nSPS) is 20.6. The third-order valence-electron chi connectivity index (χ3n) is 5.62. The van der Waals surface area contributed by atoms with Crippen molar-refractivity contribution in [2.24, 2.45) is 0 Å². The van der Waals surface area contributed by atoms with E-state index in [4.69, 9.17) is 4.74 Å². The summed E-state index contributed by atoms with van der Waals surface area (Å²) < 4.78 is 62.6. The molecule has 0 spiro atoms. The van der Waals surface area contributed by atoms with Crippen LogP contribution in [0.2, 0.25) is 0 Å². The number of phenols is 1. The molecular weight excluding hydrogens is 446 g/mol. The van der Waals surface area contributed by atoms with Gasteiger partial charge in [-0.05, 0) is 39.0 Å². The first-order valence-corrected chi connectivity index (χ1v) is 10.2. The fraction of sp³-hybridized carbons (Fsp3) is 0.476. The standard InChI is InChI=1S/C21H23F4N5O3/c1-19(2,3)33-18(32)29-7-8-30-15-9-14(12-5-4-6-13(22)16(12)31)27-28-17(15)26-10-20(30,11-29)21(23,24)25/h4-6,9,31H,7-8,10-11H2,1-3H3,(H,26,28). The summed E-state index contributed by atoms with van der Waals surface area (Å²) >= 11 is 0.